The van der Waals surface area contributed by atoms with E-state index in [1.54, 1.807) is 16.1 Å². The van der Waals surface area contributed by atoms with Crippen LogP contribution < -0.4 is 0 Å². The number of carbonyl (C=O) groups is 1. The molecule has 1 aromatic carbocycles. The lowest BCUT2D eigenvalue weighted by molar-refractivity contribution is -0.137. The van der Waals surface area contributed by atoms with Crippen LogP contribution in [0.15, 0.2) is 35.8 Å². The molecular formula is C18H14F3N3O2S. The van der Waals surface area contributed by atoms with Crippen LogP contribution in [0.5, 0.6) is 0 Å². The molecule has 0 bridgehead atoms. The van der Waals surface area contributed by atoms with Gasteiger partial charge in [-0.05, 0) is 25.0 Å². The third-order valence-electron chi connectivity index (χ3n) is 4.40. The molecular weight excluding hydrogens is 379 g/mol. The second kappa shape index (κ2) is 6.49. The van der Waals surface area contributed by atoms with E-state index >= 15 is 0 Å². The van der Waals surface area contributed by atoms with Gasteiger partial charge in [-0.25, -0.2) is 9.78 Å². The number of hydrogen-bond acceptors (Lipinski definition) is 4. The van der Waals surface area contributed by atoms with Gasteiger partial charge in [-0.3, -0.25) is 4.68 Å². The van der Waals surface area contributed by atoms with Crippen LogP contribution in [0.25, 0.3) is 11.3 Å². The maximum atomic E-state index is 12.9. The number of thiazole rings is 1. The molecule has 3 aromatic rings. The number of aromatic nitrogens is 3. The third kappa shape index (κ3) is 3.59. The van der Waals surface area contributed by atoms with E-state index in [0.717, 1.165) is 25.0 Å². The molecule has 0 atom stereocenters. The highest BCUT2D eigenvalue weighted by molar-refractivity contribution is 7.09. The number of rotatable bonds is 5. The average Bonchev–Trinajstić information content (AvgIpc) is 3.19. The Bertz CT molecular complexity index is 1010. The molecule has 1 aliphatic carbocycles. The Labute approximate surface area is 156 Å². The van der Waals surface area contributed by atoms with Gasteiger partial charge in [0, 0.05) is 16.9 Å². The van der Waals surface area contributed by atoms with Crippen molar-refractivity contribution in [2.75, 3.05) is 0 Å². The van der Waals surface area contributed by atoms with E-state index in [1.165, 1.54) is 23.6 Å². The Morgan fingerprint density at radius 2 is 2.11 bits per heavy atom. The number of aromatic carboxylic acids is 1. The number of carboxylic acid groups (broad SMARTS) is 1. The van der Waals surface area contributed by atoms with Gasteiger partial charge in [0.15, 0.2) is 0 Å². The summed E-state index contributed by atoms with van der Waals surface area (Å²) in [4.78, 5) is 15.8. The number of nitrogens with zero attached hydrogens (tertiary/aromatic N) is 3. The maximum absolute atomic E-state index is 12.9. The highest BCUT2D eigenvalue weighted by Gasteiger charge is 2.33. The van der Waals surface area contributed by atoms with Crippen molar-refractivity contribution in [3.8, 4) is 11.3 Å². The first-order valence-corrected chi connectivity index (χ1v) is 9.12. The van der Waals surface area contributed by atoms with E-state index in [0.29, 0.717) is 28.5 Å². The molecule has 1 fully saturated rings. The van der Waals surface area contributed by atoms with Gasteiger partial charge in [-0.15, -0.1) is 11.3 Å². The van der Waals surface area contributed by atoms with Crippen LogP contribution in [0.4, 0.5) is 13.2 Å². The van der Waals surface area contributed by atoms with Crippen LogP contribution in [0.3, 0.4) is 0 Å². The van der Waals surface area contributed by atoms with Gasteiger partial charge in [0.1, 0.15) is 10.6 Å². The summed E-state index contributed by atoms with van der Waals surface area (Å²) >= 11 is 1.31. The Morgan fingerprint density at radius 3 is 2.78 bits per heavy atom. The molecule has 1 aliphatic rings. The Kier molecular flexibility index (Phi) is 4.26. The quantitative estimate of drug-likeness (QED) is 0.685. The molecule has 5 nitrogen and oxygen atoms in total. The number of benzene rings is 1. The topological polar surface area (TPSA) is 68.0 Å². The first-order valence-electron chi connectivity index (χ1n) is 8.24. The van der Waals surface area contributed by atoms with Crippen LogP contribution in [0, 0.1) is 0 Å². The van der Waals surface area contributed by atoms with Gasteiger partial charge in [-0.1, -0.05) is 12.1 Å². The fraction of sp³-hybridized carbons (Fsp3) is 0.278. The summed E-state index contributed by atoms with van der Waals surface area (Å²) < 4.78 is 40.3. The van der Waals surface area contributed by atoms with Crippen molar-refractivity contribution < 1.29 is 23.1 Å². The largest absolute Gasteiger partial charge is 0.478 e. The SMILES string of the molecule is O=C(O)c1cnn(Cc2nc(-c3cccc(C(F)(F)F)c3)cs2)c1C1CC1. The van der Waals surface area contributed by atoms with Crippen molar-refractivity contribution in [2.45, 2.75) is 31.5 Å². The first kappa shape index (κ1) is 17.7. The van der Waals surface area contributed by atoms with E-state index in [4.69, 9.17) is 0 Å². The molecule has 2 heterocycles. The molecule has 1 saturated carbocycles. The van der Waals surface area contributed by atoms with Gasteiger partial charge >= 0.3 is 12.1 Å². The molecule has 4 rings (SSSR count). The summed E-state index contributed by atoms with van der Waals surface area (Å²) in [6, 6.07) is 5.04. The lowest BCUT2D eigenvalue weighted by atomic mass is 10.1. The van der Waals surface area contributed by atoms with E-state index < -0.39 is 17.7 Å². The monoisotopic (exact) mass is 393 g/mol. The van der Waals surface area contributed by atoms with Gasteiger partial charge in [-0.2, -0.15) is 18.3 Å². The third-order valence-corrected chi connectivity index (χ3v) is 5.23. The summed E-state index contributed by atoms with van der Waals surface area (Å²) in [5.74, 6) is -0.812. The van der Waals surface area contributed by atoms with Crippen molar-refractivity contribution in [1.82, 2.24) is 14.8 Å². The van der Waals surface area contributed by atoms with Gasteiger partial charge < -0.3 is 5.11 Å². The maximum Gasteiger partial charge on any atom is 0.416 e. The highest BCUT2D eigenvalue weighted by atomic mass is 32.1. The fourth-order valence-corrected chi connectivity index (χ4v) is 3.76. The molecule has 0 saturated heterocycles. The molecule has 27 heavy (non-hydrogen) atoms. The molecule has 0 spiro atoms. The molecule has 2 aromatic heterocycles. The molecule has 140 valence electrons. The molecule has 0 radical (unpaired) electrons. The zero-order valence-electron chi connectivity index (χ0n) is 13.9. The van der Waals surface area contributed by atoms with Crippen LogP contribution in [0.2, 0.25) is 0 Å². The summed E-state index contributed by atoms with van der Waals surface area (Å²) in [7, 11) is 0. The summed E-state index contributed by atoms with van der Waals surface area (Å²) in [5.41, 5.74) is 1.02. The van der Waals surface area contributed by atoms with Crippen molar-refractivity contribution >= 4 is 17.3 Å². The Hall–Kier alpha value is -2.68. The van der Waals surface area contributed by atoms with E-state index in [1.807, 2.05) is 0 Å². The molecule has 0 unspecified atom stereocenters. The predicted molar refractivity (Wildman–Crippen MR) is 92.8 cm³/mol. The Morgan fingerprint density at radius 1 is 1.33 bits per heavy atom. The number of alkyl halides is 3. The van der Waals surface area contributed by atoms with Gasteiger partial charge in [0.05, 0.1) is 29.7 Å². The normalized spacial score (nSPS) is 14.5. The second-order valence-corrected chi connectivity index (χ2v) is 7.33. The minimum absolute atomic E-state index is 0.196. The predicted octanol–water partition coefficient (Wildman–Crippen LogP) is 4.65. The standard InChI is InChI=1S/C18H14F3N3O2S/c19-18(20,21)12-3-1-2-11(6-12)14-9-27-15(23-14)8-24-16(10-4-5-10)13(7-22-24)17(25)26/h1-3,6-7,9-10H,4-5,8H2,(H,25,26). The lowest BCUT2D eigenvalue weighted by Crippen LogP contribution is -2.08. The van der Waals surface area contributed by atoms with E-state index in [-0.39, 0.29) is 11.5 Å². The zero-order chi connectivity index (χ0) is 19.2. The zero-order valence-corrected chi connectivity index (χ0v) is 14.7. The van der Waals surface area contributed by atoms with Crippen molar-refractivity contribution in [1.29, 1.82) is 0 Å². The number of carboxylic acids is 1. The van der Waals surface area contributed by atoms with Crippen LogP contribution in [-0.2, 0) is 12.7 Å². The number of halogens is 3. The highest BCUT2D eigenvalue weighted by Crippen LogP contribution is 2.42. The molecule has 0 amide bonds. The van der Waals surface area contributed by atoms with Crippen LogP contribution in [0.1, 0.15) is 45.4 Å². The first-order chi connectivity index (χ1) is 12.8. The second-order valence-electron chi connectivity index (χ2n) is 6.39. The molecule has 1 N–H and O–H groups in total. The van der Waals surface area contributed by atoms with Crippen molar-refractivity contribution in [3.63, 3.8) is 0 Å². The number of hydrogen-bond donors (Lipinski definition) is 1. The smallest absolute Gasteiger partial charge is 0.416 e. The van der Waals surface area contributed by atoms with E-state index in [9.17, 15) is 23.1 Å². The average molecular weight is 393 g/mol. The summed E-state index contributed by atoms with van der Waals surface area (Å²) in [6.45, 7) is 0.294. The molecule has 0 aliphatic heterocycles. The molecule has 9 heteroatoms. The Balaban J connectivity index is 1.60. The lowest BCUT2D eigenvalue weighted by Gasteiger charge is -2.07. The van der Waals surface area contributed by atoms with Gasteiger partial charge in [0.2, 0.25) is 0 Å². The minimum Gasteiger partial charge on any atom is -0.478 e. The van der Waals surface area contributed by atoms with Crippen LogP contribution in [-0.4, -0.2) is 25.8 Å². The minimum atomic E-state index is -4.41. The van der Waals surface area contributed by atoms with Crippen LogP contribution >= 0.6 is 11.3 Å². The van der Waals surface area contributed by atoms with Gasteiger partial charge in [0.25, 0.3) is 0 Å². The summed E-state index contributed by atoms with van der Waals surface area (Å²) in [6.07, 6.45) is -1.20. The van der Waals surface area contributed by atoms with Crippen molar-refractivity contribution in [2.24, 2.45) is 0 Å². The van der Waals surface area contributed by atoms with Crippen molar-refractivity contribution in [3.05, 3.63) is 57.7 Å². The summed E-state index contributed by atoms with van der Waals surface area (Å²) in [5, 5.41) is 15.8. The van der Waals surface area contributed by atoms with E-state index in [2.05, 4.69) is 10.1 Å². The fourth-order valence-electron chi connectivity index (χ4n) is 2.97.